The summed E-state index contributed by atoms with van der Waals surface area (Å²) in [5.74, 6) is 0.0286. The molecule has 2 aromatic rings. The van der Waals surface area contributed by atoms with Crippen molar-refractivity contribution in [3.8, 4) is 16.9 Å². The number of aryl methyl sites for hydroxylation is 1. The average molecular weight is 246 g/mol. The second kappa shape index (κ2) is 4.91. The highest BCUT2D eigenvalue weighted by molar-refractivity contribution is 5.71. The fraction of sp³-hybridized carbons (Fsp3) is 0.154. The van der Waals surface area contributed by atoms with E-state index in [1.165, 1.54) is 37.5 Å². The second-order valence-electron chi connectivity index (χ2n) is 3.75. The summed E-state index contributed by atoms with van der Waals surface area (Å²) in [6.45, 7) is 3.04. The van der Waals surface area contributed by atoms with Gasteiger partial charge >= 0.3 is 5.97 Å². The van der Waals surface area contributed by atoms with Crippen LogP contribution in [0.3, 0.4) is 0 Å². The van der Waals surface area contributed by atoms with Crippen LogP contribution in [0.25, 0.3) is 11.1 Å². The van der Waals surface area contributed by atoms with Gasteiger partial charge in [-0.05, 0) is 25.1 Å². The molecule has 0 N–H and O–H groups in total. The maximum Gasteiger partial charge on any atom is 0.308 e. The number of aromatic nitrogens is 2. The van der Waals surface area contributed by atoms with Gasteiger partial charge in [-0.15, -0.1) is 0 Å². The van der Waals surface area contributed by atoms with Crippen molar-refractivity contribution in [3.63, 3.8) is 0 Å². The zero-order chi connectivity index (χ0) is 13.1. The van der Waals surface area contributed by atoms with Crippen molar-refractivity contribution in [2.24, 2.45) is 0 Å². The van der Waals surface area contributed by atoms with Gasteiger partial charge in [-0.1, -0.05) is 0 Å². The van der Waals surface area contributed by atoms with Crippen LogP contribution in [-0.4, -0.2) is 15.9 Å². The lowest BCUT2D eigenvalue weighted by Gasteiger charge is -2.06. The van der Waals surface area contributed by atoms with Gasteiger partial charge in [-0.2, -0.15) is 0 Å². The summed E-state index contributed by atoms with van der Waals surface area (Å²) in [5.41, 5.74) is 0.834. The van der Waals surface area contributed by atoms with Gasteiger partial charge in [0.15, 0.2) is 0 Å². The Labute approximate surface area is 103 Å². The summed E-state index contributed by atoms with van der Waals surface area (Å²) in [6.07, 6.45) is 3.05. The SMILES string of the molecule is CC(=O)Oc1ccc(F)c(-c2cnc(C)nc2)c1. The lowest BCUT2D eigenvalue weighted by atomic mass is 10.1. The van der Waals surface area contributed by atoms with E-state index in [0.29, 0.717) is 22.7 Å². The number of halogens is 1. The number of hydrogen-bond donors (Lipinski definition) is 0. The molecule has 0 unspecified atom stereocenters. The molecule has 1 aromatic heterocycles. The largest absolute Gasteiger partial charge is 0.427 e. The highest BCUT2D eigenvalue weighted by Gasteiger charge is 2.09. The van der Waals surface area contributed by atoms with Crippen molar-refractivity contribution < 1.29 is 13.9 Å². The minimum Gasteiger partial charge on any atom is -0.427 e. The Kier molecular flexibility index (Phi) is 3.32. The molecule has 0 spiro atoms. The van der Waals surface area contributed by atoms with Gasteiger partial charge in [-0.3, -0.25) is 4.79 Å². The predicted octanol–water partition coefficient (Wildman–Crippen LogP) is 2.52. The highest BCUT2D eigenvalue weighted by atomic mass is 19.1. The quantitative estimate of drug-likeness (QED) is 0.603. The molecule has 0 saturated carbocycles. The molecule has 0 aliphatic carbocycles. The molecule has 4 nitrogen and oxygen atoms in total. The van der Waals surface area contributed by atoms with E-state index >= 15 is 0 Å². The minimum atomic E-state index is -0.451. The van der Waals surface area contributed by atoms with E-state index in [1.807, 2.05) is 0 Å². The van der Waals surface area contributed by atoms with Gasteiger partial charge in [0.2, 0.25) is 0 Å². The Morgan fingerprint density at radius 3 is 2.56 bits per heavy atom. The van der Waals surface area contributed by atoms with E-state index < -0.39 is 11.8 Å². The minimum absolute atomic E-state index is 0.291. The van der Waals surface area contributed by atoms with Crippen LogP contribution >= 0.6 is 0 Å². The predicted molar refractivity (Wildman–Crippen MR) is 63.5 cm³/mol. The van der Waals surface area contributed by atoms with Crippen LogP contribution in [0.2, 0.25) is 0 Å². The Morgan fingerprint density at radius 1 is 1.28 bits per heavy atom. The van der Waals surface area contributed by atoms with E-state index in [2.05, 4.69) is 9.97 Å². The van der Waals surface area contributed by atoms with Crippen LogP contribution in [-0.2, 0) is 4.79 Å². The lowest BCUT2D eigenvalue weighted by molar-refractivity contribution is -0.131. The molecule has 0 radical (unpaired) electrons. The summed E-state index contributed by atoms with van der Waals surface area (Å²) in [4.78, 5) is 18.9. The number of benzene rings is 1. The smallest absolute Gasteiger partial charge is 0.308 e. The fourth-order valence-corrected chi connectivity index (χ4v) is 1.49. The average Bonchev–Trinajstić information content (AvgIpc) is 2.32. The summed E-state index contributed by atoms with van der Waals surface area (Å²) < 4.78 is 18.6. The molecule has 2 rings (SSSR count). The Hall–Kier alpha value is -2.30. The normalized spacial score (nSPS) is 10.2. The maximum atomic E-state index is 13.7. The first-order chi connectivity index (χ1) is 8.56. The van der Waals surface area contributed by atoms with Crippen molar-refractivity contribution in [1.29, 1.82) is 0 Å². The van der Waals surface area contributed by atoms with Crippen LogP contribution < -0.4 is 4.74 Å². The molecule has 0 fully saturated rings. The zero-order valence-corrected chi connectivity index (χ0v) is 9.98. The van der Waals surface area contributed by atoms with E-state index in [1.54, 1.807) is 6.92 Å². The summed E-state index contributed by atoms with van der Waals surface area (Å²) in [5, 5.41) is 0. The van der Waals surface area contributed by atoms with Gasteiger partial charge < -0.3 is 4.74 Å². The molecule has 1 heterocycles. The third-order valence-corrected chi connectivity index (χ3v) is 2.29. The zero-order valence-electron chi connectivity index (χ0n) is 9.98. The molecule has 0 amide bonds. The Balaban J connectivity index is 2.42. The van der Waals surface area contributed by atoms with Crippen LogP contribution in [0.1, 0.15) is 12.7 Å². The molecule has 92 valence electrons. The van der Waals surface area contributed by atoms with Crippen molar-refractivity contribution in [3.05, 3.63) is 42.2 Å². The van der Waals surface area contributed by atoms with Crippen molar-refractivity contribution >= 4 is 5.97 Å². The number of carbonyl (C=O) groups is 1. The molecule has 0 aliphatic rings. The number of carbonyl (C=O) groups excluding carboxylic acids is 1. The molecule has 18 heavy (non-hydrogen) atoms. The van der Waals surface area contributed by atoms with Crippen LogP contribution in [0.5, 0.6) is 5.75 Å². The standard InChI is InChI=1S/C13H11FN2O2/c1-8-15-6-10(7-16-8)12-5-11(18-9(2)17)3-4-13(12)14/h3-7H,1-2H3. The molecule has 0 aliphatic heterocycles. The number of ether oxygens (including phenoxy) is 1. The first kappa shape index (κ1) is 12.2. The van der Waals surface area contributed by atoms with Gasteiger partial charge in [0.05, 0.1) is 0 Å². The lowest BCUT2D eigenvalue weighted by Crippen LogP contribution is -2.01. The fourth-order valence-electron chi connectivity index (χ4n) is 1.49. The van der Waals surface area contributed by atoms with Gasteiger partial charge in [0.1, 0.15) is 17.4 Å². The highest BCUT2D eigenvalue weighted by Crippen LogP contribution is 2.26. The monoisotopic (exact) mass is 246 g/mol. The molecule has 0 bridgehead atoms. The number of hydrogen-bond acceptors (Lipinski definition) is 4. The number of esters is 1. The Morgan fingerprint density at radius 2 is 1.94 bits per heavy atom. The molecular formula is C13H11FN2O2. The molecule has 1 aromatic carbocycles. The summed E-state index contributed by atoms with van der Waals surface area (Å²) >= 11 is 0. The molecular weight excluding hydrogens is 235 g/mol. The molecule has 5 heteroatoms. The third kappa shape index (κ3) is 2.68. The molecule has 0 atom stereocenters. The van der Waals surface area contributed by atoms with E-state index in [0.717, 1.165) is 0 Å². The van der Waals surface area contributed by atoms with Gasteiger partial charge in [0.25, 0.3) is 0 Å². The third-order valence-electron chi connectivity index (χ3n) is 2.29. The van der Waals surface area contributed by atoms with Gasteiger partial charge in [-0.25, -0.2) is 14.4 Å². The van der Waals surface area contributed by atoms with Crippen LogP contribution in [0.4, 0.5) is 4.39 Å². The van der Waals surface area contributed by atoms with Crippen molar-refractivity contribution in [2.75, 3.05) is 0 Å². The maximum absolute atomic E-state index is 13.7. The van der Waals surface area contributed by atoms with Crippen LogP contribution in [0.15, 0.2) is 30.6 Å². The first-order valence-electron chi connectivity index (χ1n) is 5.33. The Bertz CT molecular complexity index is 582. The topological polar surface area (TPSA) is 52.1 Å². The second-order valence-corrected chi connectivity index (χ2v) is 3.75. The van der Waals surface area contributed by atoms with Crippen LogP contribution in [0, 0.1) is 12.7 Å². The van der Waals surface area contributed by atoms with E-state index in [4.69, 9.17) is 4.74 Å². The molecule has 0 saturated heterocycles. The number of nitrogens with zero attached hydrogens (tertiary/aromatic N) is 2. The van der Waals surface area contributed by atoms with Crippen molar-refractivity contribution in [2.45, 2.75) is 13.8 Å². The van der Waals surface area contributed by atoms with Gasteiger partial charge in [0, 0.05) is 30.4 Å². The van der Waals surface area contributed by atoms with E-state index in [9.17, 15) is 9.18 Å². The summed E-state index contributed by atoms with van der Waals surface area (Å²) in [6, 6.07) is 4.09. The first-order valence-corrected chi connectivity index (χ1v) is 5.33. The van der Waals surface area contributed by atoms with E-state index in [-0.39, 0.29) is 0 Å². The summed E-state index contributed by atoms with van der Waals surface area (Å²) in [7, 11) is 0. The van der Waals surface area contributed by atoms with Crippen molar-refractivity contribution in [1.82, 2.24) is 9.97 Å². The number of rotatable bonds is 2.